The summed E-state index contributed by atoms with van der Waals surface area (Å²) >= 11 is 5.35. The number of nitrogens with zero attached hydrogens (tertiary/aromatic N) is 3. The third kappa shape index (κ3) is 6.41. The van der Waals surface area contributed by atoms with Gasteiger partial charge in [-0.1, -0.05) is 30.3 Å². The number of ether oxygens (including phenoxy) is 5. The molecule has 0 spiro atoms. The lowest BCUT2D eigenvalue weighted by atomic mass is 9.97. The molecular weight excluding hydrogens is 524 g/mol. The van der Waals surface area contributed by atoms with Gasteiger partial charge < -0.3 is 29.5 Å². The van der Waals surface area contributed by atoms with Gasteiger partial charge in [-0.2, -0.15) is 9.77 Å². The second-order valence-electron chi connectivity index (χ2n) is 8.21. The molecule has 0 aliphatic carbocycles. The third-order valence-electron chi connectivity index (χ3n) is 5.29. The van der Waals surface area contributed by atoms with Gasteiger partial charge in [0.2, 0.25) is 4.77 Å². The topological polar surface area (TPSA) is 180 Å². The summed E-state index contributed by atoms with van der Waals surface area (Å²) in [6.07, 6.45) is -7.04. The zero-order valence-electron chi connectivity index (χ0n) is 20.9. The lowest BCUT2D eigenvalue weighted by molar-refractivity contribution is -0.271. The van der Waals surface area contributed by atoms with Crippen molar-refractivity contribution in [1.29, 1.82) is 0 Å². The van der Waals surface area contributed by atoms with Crippen LogP contribution in [-0.2, 0) is 42.9 Å². The van der Waals surface area contributed by atoms with Gasteiger partial charge >= 0.3 is 23.9 Å². The number of hydrogen-bond acceptors (Lipinski definition) is 13. The second kappa shape index (κ2) is 12.0. The Labute approximate surface area is 221 Å². The minimum atomic E-state index is -1.49. The molecule has 1 aromatic carbocycles. The largest absolute Gasteiger partial charge is 0.463 e. The molecule has 15 heteroatoms. The molecule has 2 N–H and O–H groups in total. The molecule has 5 atom stereocenters. The van der Waals surface area contributed by atoms with Crippen LogP contribution in [0.2, 0.25) is 0 Å². The van der Waals surface area contributed by atoms with E-state index >= 15 is 0 Å². The first-order valence-electron chi connectivity index (χ1n) is 11.3. The van der Waals surface area contributed by atoms with Crippen LogP contribution in [0.4, 0.5) is 0 Å². The van der Waals surface area contributed by atoms with Gasteiger partial charge in [-0.25, -0.2) is 4.68 Å². The van der Waals surface area contributed by atoms with Crippen LogP contribution in [0.25, 0.3) is 11.3 Å². The van der Waals surface area contributed by atoms with Crippen molar-refractivity contribution >= 4 is 36.1 Å². The van der Waals surface area contributed by atoms with Crippen LogP contribution < -0.4 is 11.4 Å². The first-order chi connectivity index (χ1) is 17.9. The van der Waals surface area contributed by atoms with Gasteiger partial charge in [0.15, 0.2) is 30.2 Å². The summed E-state index contributed by atoms with van der Waals surface area (Å²) in [7, 11) is 0. The summed E-state index contributed by atoms with van der Waals surface area (Å²) < 4.78 is 28.7. The predicted octanol–water partition coefficient (Wildman–Crippen LogP) is 0.411. The molecule has 0 saturated carbocycles. The van der Waals surface area contributed by atoms with Crippen LogP contribution in [0.15, 0.2) is 35.1 Å². The Bertz CT molecular complexity index is 1340. The fraction of sp³-hybridized carbons (Fsp3) is 0.435. The molecule has 38 heavy (non-hydrogen) atoms. The van der Waals surface area contributed by atoms with Crippen molar-refractivity contribution in [1.82, 2.24) is 14.5 Å². The van der Waals surface area contributed by atoms with E-state index in [0.29, 0.717) is 10.2 Å². The number of esters is 4. The number of nitrogens with two attached hydrogens (primary N) is 1. The second-order valence-corrected chi connectivity index (χ2v) is 8.57. The van der Waals surface area contributed by atoms with E-state index in [1.165, 1.54) is 0 Å². The van der Waals surface area contributed by atoms with Crippen molar-refractivity contribution < 1.29 is 42.9 Å². The van der Waals surface area contributed by atoms with E-state index in [2.05, 4.69) is 5.10 Å². The van der Waals surface area contributed by atoms with Crippen LogP contribution in [0.1, 0.15) is 33.9 Å². The van der Waals surface area contributed by atoms with E-state index in [4.69, 9.17) is 41.7 Å². The summed E-state index contributed by atoms with van der Waals surface area (Å²) in [4.78, 5) is 60.5. The van der Waals surface area contributed by atoms with E-state index < -0.39 is 66.7 Å². The van der Waals surface area contributed by atoms with Gasteiger partial charge in [-0.3, -0.25) is 24.0 Å². The van der Waals surface area contributed by atoms with E-state index in [9.17, 15) is 24.0 Å². The molecule has 204 valence electrons. The van der Waals surface area contributed by atoms with Crippen LogP contribution >= 0.6 is 12.2 Å². The van der Waals surface area contributed by atoms with E-state index in [0.717, 1.165) is 32.4 Å². The van der Waals surface area contributed by atoms with Crippen molar-refractivity contribution in [3.05, 3.63) is 45.5 Å². The number of hydrogen-bond donors (Lipinski definition) is 1. The molecule has 2 aromatic rings. The van der Waals surface area contributed by atoms with Gasteiger partial charge in [0, 0.05) is 33.3 Å². The Morgan fingerprint density at radius 1 is 0.921 bits per heavy atom. The summed E-state index contributed by atoms with van der Waals surface area (Å²) in [5.41, 5.74) is -0.441. The van der Waals surface area contributed by atoms with Crippen LogP contribution in [-0.4, -0.2) is 69.4 Å². The van der Waals surface area contributed by atoms with Gasteiger partial charge in [0.25, 0.3) is 5.56 Å². The third-order valence-corrected chi connectivity index (χ3v) is 5.67. The molecule has 5 unspecified atom stereocenters. The molecule has 1 aliphatic rings. The minimum absolute atomic E-state index is 0.116. The molecule has 1 aromatic heterocycles. The fourth-order valence-electron chi connectivity index (χ4n) is 3.85. The number of carbonyl (C=O) groups excluding carboxylic acids is 4. The predicted molar refractivity (Wildman–Crippen MR) is 130 cm³/mol. The minimum Gasteiger partial charge on any atom is -0.463 e. The van der Waals surface area contributed by atoms with E-state index in [1.54, 1.807) is 30.3 Å². The van der Waals surface area contributed by atoms with Gasteiger partial charge in [0.1, 0.15) is 12.7 Å². The first-order valence-corrected chi connectivity index (χ1v) is 11.7. The quantitative estimate of drug-likeness (QED) is 0.217. The number of rotatable bonds is 7. The van der Waals surface area contributed by atoms with Crippen LogP contribution in [0.3, 0.4) is 0 Å². The Morgan fingerprint density at radius 3 is 2.03 bits per heavy atom. The van der Waals surface area contributed by atoms with Crippen molar-refractivity contribution in [3.63, 3.8) is 0 Å². The number of nitrogen functional groups attached to an aromatic ring is 1. The number of benzene rings is 1. The zero-order valence-corrected chi connectivity index (χ0v) is 21.7. The maximum absolute atomic E-state index is 12.9. The highest BCUT2D eigenvalue weighted by molar-refractivity contribution is 7.71. The molecule has 0 bridgehead atoms. The first kappa shape index (κ1) is 28.5. The van der Waals surface area contributed by atoms with Gasteiger partial charge in [-0.15, -0.1) is 0 Å². The van der Waals surface area contributed by atoms with Gasteiger partial charge in [-0.05, 0) is 12.2 Å². The molecule has 1 saturated heterocycles. The SMILES string of the molecule is CC(=O)OCC1OC(n2nc(-c3ccccc3)c(=O)n(N)c2=S)C(OC(C)=O)C(OC(C)=O)C1OC(C)=O. The molecule has 2 heterocycles. The molecule has 1 aliphatic heterocycles. The standard InChI is InChI=1S/C23H26N4O10S/c1-11(28)33-10-16-18(34-12(2)29)19(35-13(3)30)20(36-14(4)31)22(37-16)27-23(38)26(24)21(32)17(25-27)15-8-6-5-7-9-15/h5-9,16,18-20,22H,10,24H2,1-4H3. The molecule has 3 rings (SSSR count). The van der Waals surface area contributed by atoms with E-state index in [-0.39, 0.29) is 10.5 Å². The summed E-state index contributed by atoms with van der Waals surface area (Å²) in [5, 5.41) is 4.34. The smallest absolute Gasteiger partial charge is 0.303 e. The van der Waals surface area contributed by atoms with E-state index in [1.807, 2.05) is 0 Å². The highest BCUT2D eigenvalue weighted by atomic mass is 32.1. The monoisotopic (exact) mass is 550 g/mol. The van der Waals surface area contributed by atoms with Crippen LogP contribution in [0.5, 0.6) is 0 Å². The Kier molecular flexibility index (Phi) is 8.96. The van der Waals surface area contributed by atoms with Crippen molar-refractivity contribution in [2.75, 3.05) is 12.4 Å². The van der Waals surface area contributed by atoms with Crippen LogP contribution in [0, 0.1) is 4.77 Å². The average Bonchev–Trinajstić information content (AvgIpc) is 2.84. The fourth-order valence-corrected chi connectivity index (χ4v) is 4.08. The molecule has 14 nitrogen and oxygen atoms in total. The molecular formula is C23H26N4O10S. The summed E-state index contributed by atoms with van der Waals surface area (Å²) in [5.74, 6) is 2.91. The Hall–Kier alpha value is -4.11. The summed E-state index contributed by atoms with van der Waals surface area (Å²) in [6.45, 7) is 4.00. The zero-order chi connectivity index (χ0) is 28.1. The van der Waals surface area contributed by atoms with Gasteiger partial charge in [0.05, 0.1) is 0 Å². The maximum atomic E-state index is 12.9. The van der Waals surface area contributed by atoms with Crippen molar-refractivity contribution in [3.8, 4) is 11.3 Å². The Balaban J connectivity index is 2.24. The van der Waals surface area contributed by atoms with Crippen molar-refractivity contribution in [2.45, 2.75) is 58.3 Å². The number of carbonyl (C=O) groups is 4. The lowest BCUT2D eigenvalue weighted by Crippen LogP contribution is -2.61. The lowest BCUT2D eigenvalue weighted by Gasteiger charge is -2.44. The Morgan fingerprint density at radius 2 is 1.47 bits per heavy atom. The molecule has 0 radical (unpaired) electrons. The molecule has 1 fully saturated rings. The maximum Gasteiger partial charge on any atom is 0.303 e. The average molecular weight is 551 g/mol. The highest BCUT2D eigenvalue weighted by Gasteiger charge is 2.53. The highest BCUT2D eigenvalue weighted by Crippen LogP contribution is 2.34. The number of aromatic nitrogens is 3. The van der Waals surface area contributed by atoms with Crippen molar-refractivity contribution in [2.24, 2.45) is 0 Å². The molecule has 0 amide bonds. The summed E-state index contributed by atoms with van der Waals surface area (Å²) in [6, 6.07) is 8.32. The normalized spacial score (nSPS) is 22.7.